The van der Waals surface area contributed by atoms with E-state index in [9.17, 15) is 21.6 Å². The third-order valence-corrected chi connectivity index (χ3v) is 7.50. The largest absolute Gasteiger partial charge is 0.489 e. The van der Waals surface area contributed by atoms with Gasteiger partial charge in [-0.2, -0.15) is 17.5 Å². The summed E-state index contributed by atoms with van der Waals surface area (Å²) in [5.74, 6) is 0.289. The molecule has 4 aromatic rings. The summed E-state index contributed by atoms with van der Waals surface area (Å²) in [6.07, 6.45) is -3.21. The van der Waals surface area contributed by atoms with Gasteiger partial charge in [0.1, 0.15) is 18.7 Å². The quantitative estimate of drug-likeness (QED) is 0.369. The zero-order valence-corrected chi connectivity index (χ0v) is 19.4. The molecule has 2 heterocycles. The molecule has 3 aromatic carbocycles. The van der Waals surface area contributed by atoms with Gasteiger partial charge in [0, 0.05) is 23.3 Å². The number of nitrogens with zero attached hydrogens (tertiary/aromatic N) is 3. The van der Waals surface area contributed by atoms with Crippen LogP contribution >= 0.6 is 11.5 Å². The third-order valence-electron chi connectivity index (χ3n) is 5.45. The minimum absolute atomic E-state index is 0.0445. The minimum atomic E-state index is -4.45. The number of aromatic nitrogens is 2. The molecular formula is C23H17F3N4O3S2. The van der Waals surface area contributed by atoms with Gasteiger partial charge in [0.05, 0.1) is 22.2 Å². The summed E-state index contributed by atoms with van der Waals surface area (Å²) in [6.45, 7) is 0.158. The molecule has 1 N–H and O–H groups in total. The lowest BCUT2D eigenvalue weighted by molar-refractivity contribution is -0.137. The van der Waals surface area contributed by atoms with Crippen LogP contribution in [0, 0.1) is 0 Å². The van der Waals surface area contributed by atoms with Gasteiger partial charge in [-0.25, -0.2) is 13.4 Å². The van der Waals surface area contributed by atoms with Crippen molar-refractivity contribution in [3.8, 4) is 5.75 Å². The van der Waals surface area contributed by atoms with Gasteiger partial charge < -0.3 is 9.64 Å². The van der Waals surface area contributed by atoms with E-state index in [0.29, 0.717) is 11.4 Å². The highest BCUT2D eigenvalue weighted by Crippen LogP contribution is 2.45. The molecule has 1 aliphatic heterocycles. The highest BCUT2D eigenvalue weighted by molar-refractivity contribution is 7.93. The molecule has 35 heavy (non-hydrogen) atoms. The molecule has 0 fully saturated rings. The fourth-order valence-corrected chi connectivity index (χ4v) is 5.51. The van der Waals surface area contributed by atoms with Crippen molar-refractivity contribution in [1.82, 2.24) is 9.36 Å². The van der Waals surface area contributed by atoms with Crippen LogP contribution in [0.3, 0.4) is 0 Å². The van der Waals surface area contributed by atoms with E-state index in [0.717, 1.165) is 29.2 Å². The summed E-state index contributed by atoms with van der Waals surface area (Å²) in [5, 5.41) is 0.124. The van der Waals surface area contributed by atoms with Crippen molar-refractivity contribution < 1.29 is 26.3 Å². The molecule has 12 heteroatoms. The zero-order chi connectivity index (χ0) is 24.6. The van der Waals surface area contributed by atoms with Crippen molar-refractivity contribution in [2.75, 3.05) is 16.2 Å². The Morgan fingerprint density at radius 2 is 1.77 bits per heavy atom. The number of benzene rings is 3. The molecule has 0 bridgehead atoms. The Morgan fingerprint density at radius 3 is 2.43 bits per heavy atom. The highest BCUT2D eigenvalue weighted by atomic mass is 32.2. The van der Waals surface area contributed by atoms with Crippen LogP contribution < -0.4 is 14.4 Å². The summed E-state index contributed by atoms with van der Waals surface area (Å²) >= 11 is 0.901. The Labute approximate surface area is 203 Å². The maximum Gasteiger partial charge on any atom is 0.416 e. The Bertz CT molecular complexity index is 1430. The summed E-state index contributed by atoms with van der Waals surface area (Å²) in [6, 6.07) is 18.3. The Balaban J connectivity index is 1.56. The second-order valence-electron chi connectivity index (χ2n) is 7.63. The van der Waals surface area contributed by atoms with Gasteiger partial charge in [-0.3, -0.25) is 4.72 Å². The summed E-state index contributed by atoms with van der Waals surface area (Å²) < 4.78 is 77.1. The SMILES string of the molecule is O=S(=O)(Nc1ncns1)c1ccc2c(c1)OCC(c1ccccc1)N2c1ccc(C(F)(F)F)cc1. The number of ether oxygens (including phenoxy) is 1. The van der Waals surface area contributed by atoms with Crippen LogP contribution in [0.25, 0.3) is 0 Å². The number of nitrogens with one attached hydrogen (secondary N) is 1. The molecule has 5 rings (SSSR count). The molecule has 0 saturated carbocycles. The summed E-state index contributed by atoms with van der Waals surface area (Å²) in [7, 11) is -3.95. The van der Waals surface area contributed by atoms with Crippen LogP contribution in [0.4, 0.5) is 29.7 Å². The first-order valence-electron chi connectivity index (χ1n) is 10.3. The van der Waals surface area contributed by atoms with Crippen molar-refractivity contribution in [2.24, 2.45) is 0 Å². The smallest absolute Gasteiger partial charge is 0.416 e. The normalized spacial score (nSPS) is 15.9. The standard InChI is InChI=1S/C23H17F3N4O3S2/c24-23(25,26)16-6-8-17(9-7-16)30-19-11-10-18(35(31,32)29-22-27-14-28-34-22)12-21(19)33-13-20(30)15-4-2-1-3-5-15/h1-12,14,20H,13H2,(H,27,28,29). The first-order chi connectivity index (χ1) is 16.7. The van der Waals surface area contributed by atoms with Crippen LogP contribution in [0.2, 0.25) is 0 Å². The number of hydrogen-bond acceptors (Lipinski definition) is 7. The Hall–Kier alpha value is -3.64. The molecule has 0 aliphatic carbocycles. The lowest BCUT2D eigenvalue weighted by atomic mass is 10.0. The first kappa shape index (κ1) is 23.1. The lowest BCUT2D eigenvalue weighted by Crippen LogP contribution is -2.33. The van der Waals surface area contributed by atoms with Crippen molar-refractivity contribution in [1.29, 1.82) is 0 Å². The molecule has 1 atom stereocenters. The van der Waals surface area contributed by atoms with Gasteiger partial charge in [0.2, 0.25) is 5.13 Å². The molecule has 0 saturated heterocycles. The third kappa shape index (κ3) is 4.66. The van der Waals surface area contributed by atoms with E-state index in [1.807, 2.05) is 35.2 Å². The van der Waals surface area contributed by atoms with Crippen LogP contribution in [-0.4, -0.2) is 24.4 Å². The van der Waals surface area contributed by atoms with Gasteiger partial charge in [0.25, 0.3) is 10.0 Å². The number of anilines is 3. The fraction of sp³-hybridized carbons (Fsp3) is 0.130. The predicted octanol–water partition coefficient (Wildman–Crippen LogP) is 5.63. The lowest BCUT2D eigenvalue weighted by Gasteiger charge is -2.39. The monoisotopic (exact) mass is 518 g/mol. The van der Waals surface area contributed by atoms with Gasteiger partial charge in [0.15, 0.2) is 0 Å². The van der Waals surface area contributed by atoms with E-state index in [-0.39, 0.29) is 28.4 Å². The van der Waals surface area contributed by atoms with Gasteiger partial charge in [-0.05, 0) is 42.0 Å². The van der Waals surface area contributed by atoms with E-state index < -0.39 is 21.8 Å². The van der Waals surface area contributed by atoms with E-state index in [1.54, 1.807) is 6.07 Å². The van der Waals surface area contributed by atoms with Crippen molar-refractivity contribution in [3.63, 3.8) is 0 Å². The zero-order valence-electron chi connectivity index (χ0n) is 17.8. The number of sulfonamides is 1. The molecule has 0 spiro atoms. The van der Waals surface area contributed by atoms with E-state index in [2.05, 4.69) is 14.1 Å². The average molecular weight is 519 g/mol. The topological polar surface area (TPSA) is 84.4 Å². The first-order valence-corrected chi connectivity index (χ1v) is 12.6. The number of alkyl halides is 3. The molecule has 0 radical (unpaired) electrons. The predicted molar refractivity (Wildman–Crippen MR) is 125 cm³/mol. The fourth-order valence-electron chi connectivity index (χ4n) is 3.83. The average Bonchev–Trinajstić information content (AvgIpc) is 3.35. The second-order valence-corrected chi connectivity index (χ2v) is 10.1. The van der Waals surface area contributed by atoms with Gasteiger partial charge in [-0.15, -0.1) is 0 Å². The Morgan fingerprint density at radius 1 is 1.03 bits per heavy atom. The van der Waals surface area contributed by atoms with Crippen molar-refractivity contribution >= 4 is 38.1 Å². The van der Waals surface area contributed by atoms with E-state index in [4.69, 9.17) is 4.74 Å². The summed E-state index contributed by atoms with van der Waals surface area (Å²) in [4.78, 5) is 5.64. The molecule has 1 unspecified atom stereocenters. The number of hydrogen-bond donors (Lipinski definition) is 1. The summed E-state index contributed by atoms with van der Waals surface area (Å²) in [5.41, 5.74) is 1.18. The molecule has 0 amide bonds. The second kappa shape index (κ2) is 8.86. The highest BCUT2D eigenvalue weighted by Gasteiger charge is 2.33. The maximum atomic E-state index is 13.1. The van der Waals surface area contributed by atoms with Crippen LogP contribution in [0.5, 0.6) is 5.75 Å². The van der Waals surface area contributed by atoms with E-state index in [1.165, 1.54) is 30.6 Å². The van der Waals surface area contributed by atoms with Gasteiger partial charge in [-0.1, -0.05) is 30.3 Å². The van der Waals surface area contributed by atoms with E-state index >= 15 is 0 Å². The minimum Gasteiger partial charge on any atom is -0.489 e. The number of fused-ring (bicyclic) bond motifs is 1. The van der Waals surface area contributed by atoms with Crippen LogP contribution in [-0.2, 0) is 16.2 Å². The number of rotatable bonds is 5. The molecule has 1 aliphatic rings. The Kier molecular flexibility index (Phi) is 5.85. The maximum absolute atomic E-state index is 13.1. The van der Waals surface area contributed by atoms with Crippen LogP contribution in [0.15, 0.2) is 84.0 Å². The van der Waals surface area contributed by atoms with Crippen LogP contribution in [0.1, 0.15) is 17.2 Å². The number of halogens is 3. The molecule has 1 aromatic heterocycles. The van der Waals surface area contributed by atoms with Gasteiger partial charge >= 0.3 is 6.18 Å². The van der Waals surface area contributed by atoms with Crippen molar-refractivity contribution in [3.05, 3.63) is 90.3 Å². The molecule has 180 valence electrons. The molecule has 7 nitrogen and oxygen atoms in total. The van der Waals surface area contributed by atoms with Crippen molar-refractivity contribution in [2.45, 2.75) is 17.1 Å². The molecular weight excluding hydrogens is 501 g/mol.